The van der Waals surface area contributed by atoms with Crippen LogP contribution in [0.15, 0.2) is 29.2 Å². The third-order valence-electron chi connectivity index (χ3n) is 3.79. The average molecular weight is 271 g/mol. The Morgan fingerprint density at radius 3 is 2.80 bits per heavy atom. The van der Waals surface area contributed by atoms with Crippen LogP contribution in [0.25, 0.3) is 11.0 Å². The van der Waals surface area contributed by atoms with E-state index >= 15 is 0 Å². The van der Waals surface area contributed by atoms with Crippen molar-refractivity contribution < 1.29 is 4.79 Å². The van der Waals surface area contributed by atoms with Crippen LogP contribution in [0.4, 0.5) is 0 Å². The topological polar surface area (TPSA) is 55.2 Å². The lowest BCUT2D eigenvalue weighted by molar-refractivity contribution is 0.0790. The van der Waals surface area contributed by atoms with Gasteiger partial charge in [-0.2, -0.15) is 0 Å². The third-order valence-corrected chi connectivity index (χ3v) is 3.79. The van der Waals surface area contributed by atoms with Crippen LogP contribution in [0.2, 0.25) is 0 Å². The Kier molecular flexibility index (Phi) is 3.26. The molecule has 2 aromatic rings. The molecule has 0 atom stereocenters. The lowest BCUT2D eigenvalue weighted by Gasteiger charge is -2.16. The average Bonchev–Trinajstić information content (AvgIpc) is 3.00. The second-order valence-electron chi connectivity index (χ2n) is 5.02. The van der Waals surface area contributed by atoms with Crippen LogP contribution in [0.1, 0.15) is 30.1 Å². The molecular weight excluding hydrogens is 254 g/mol. The lowest BCUT2D eigenvalue weighted by Crippen LogP contribution is -2.35. The quantitative estimate of drug-likeness (QED) is 0.834. The Morgan fingerprint density at radius 1 is 1.35 bits per heavy atom. The standard InChI is InChI=1S/C15H17N3O2/c1-2-18-13-11(6-5-7-16-13)10-12(15(18)20)14(19)17-8-3-4-9-17/h5-7,10H,2-4,8-9H2,1H3. The number of nitrogens with zero attached hydrogens (tertiary/aromatic N) is 3. The molecule has 1 saturated heterocycles. The van der Waals surface area contributed by atoms with E-state index in [0.717, 1.165) is 31.3 Å². The van der Waals surface area contributed by atoms with Gasteiger partial charge in [-0.05, 0) is 38.0 Å². The minimum atomic E-state index is -0.240. The maximum absolute atomic E-state index is 12.5. The van der Waals surface area contributed by atoms with E-state index in [2.05, 4.69) is 4.98 Å². The van der Waals surface area contributed by atoms with Crippen molar-refractivity contribution in [1.82, 2.24) is 14.5 Å². The maximum atomic E-state index is 12.5. The van der Waals surface area contributed by atoms with Gasteiger partial charge in [0.25, 0.3) is 11.5 Å². The number of carbonyl (C=O) groups is 1. The molecule has 1 aliphatic rings. The van der Waals surface area contributed by atoms with Gasteiger partial charge in [0.2, 0.25) is 0 Å². The molecule has 3 heterocycles. The summed E-state index contributed by atoms with van der Waals surface area (Å²) in [5, 5.41) is 0.830. The zero-order chi connectivity index (χ0) is 14.1. The molecule has 0 aromatic carbocycles. The van der Waals surface area contributed by atoms with Gasteiger partial charge >= 0.3 is 0 Å². The largest absolute Gasteiger partial charge is 0.338 e. The smallest absolute Gasteiger partial charge is 0.265 e. The van der Waals surface area contributed by atoms with Crippen molar-refractivity contribution in [3.8, 4) is 0 Å². The summed E-state index contributed by atoms with van der Waals surface area (Å²) in [6.07, 6.45) is 3.70. The lowest BCUT2D eigenvalue weighted by atomic mass is 10.2. The Bertz CT molecular complexity index is 715. The van der Waals surface area contributed by atoms with Crippen molar-refractivity contribution in [3.63, 3.8) is 0 Å². The zero-order valence-corrected chi connectivity index (χ0v) is 11.5. The molecule has 5 nitrogen and oxygen atoms in total. The van der Waals surface area contributed by atoms with Gasteiger partial charge in [-0.15, -0.1) is 0 Å². The highest BCUT2D eigenvalue weighted by atomic mass is 16.2. The van der Waals surface area contributed by atoms with Gasteiger partial charge in [0.1, 0.15) is 11.2 Å². The minimum Gasteiger partial charge on any atom is -0.338 e. The van der Waals surface area contributed by atoms with Crippen molar-refractivity contribution in [1.29, 1.82) is 0 Å². The highest BCUT2D eigenvalue weighted by molar-refractivity contribution is 5.97. The van der Waals surface area contributed by atoms with E-state index in [0.29, 0.717) is 12.2 Å². The predicted octanol–water partition coefficient (Wildman–Crippen LogP) is 1.65. The van der Waals surface area contributed by atoms with E-state index < -0.39 is 0 Å². The minimum absolute atomic E-state index is 0.152. The predicted molar refractivity (Wildman–Crippen MR) is 76.8 cm³/mol. The van der Waals surface area contributed by atoms with Crippen LogP contribution in [-0.4, -0.2) is 33.4 Å². The van der Waals surface area contributed by atoms with Crippen molar-refractivity contribution in [2.24, 2.45) is 0 Å². The maximum Gasteiger partial charge on any atom is 0.265 e. The van der Waals surface area contributed by atoms with Crippen LogP contribution < -0.4 is 5.56 Å². The summed E-state index contributed by atoms with van der Waals surface area (Å²) in [6, 6.07) is 5.38. The van der Waals surface area contributed by atoms with Gasteiger partial charge in [0.15, 0.2) is 0 Å². The van der Waals surface area contributed by atoms with E-state index in [-0.39, 0.29) is 17.0 Å². The molecule has 20 heavy (non-hydrogen) atoms. The van der Waals surface area contributed by atoms with E-state index in [1.165, 1.54) is 0 Å². The normalized spacial score (nSPS) is 14.9. The van der Waals surface area contributed by atoms with E-state index in [1.807, 2.05) is 19.1 Å². The zero-order valence-electron chi connectivity index (χ0n) is 11.5. The summed E-state index contributed by atoms with van der Waals surface area (Å²) < 4.78 is 1.57. The molecule has 0 unspecified atom stereocenters. The first kappa shape index (κ1) is 12.8. The summed E-state index contributed by atoms with van der Waals surface area (Å²) in [5.41, 5.74) is 0.655. The van der Waals surface area contributed by atoms with Crippen molar-refractivity contribution in [2.45, 2.75) is 26.3 Å². The number of rotatable bonds is 2. The van der Waals surface area contributed by atoms with Gasteiger partial charge in [-0.1, -0.05) is 0 Å². The molecule has 1 aliphatic heterocycles. The van der Waals surface area contributed by atoms with E-state index in [1.54, 1.807) is 21.7 Å². The fourth-order valence-electron chi connectivity index (χ4n) is 2.74. The first-order valence-corrected chi connectivity index (χ1v) is 7.00. The molecule has 3 rings (SSSR count). The molecule has 0 aliphatic carbocycles. The van der Waals surface area contributed by atoms with E-state index in [9.17, 15) is 9.59 Å². The Labute approximate surface area is 116 Å². The van der Waals surface area contributed by atoms with Gasteiger partial charge in [-0.25, -0.2) is 4.98 Å². The number of aromatic nitrogens is 2. The number of carbonyl (C=O) groups excluding carboxylic acids is 1. The Hall–Kier alpha value is -2.17. The molecular formula is C15H17N3O2. The molecule has 5 heteroatoms. The Balaban J connectivity index is 2.18. The number of amides is 1. The number of fused-ring (bicyclic) bond motifs is 1. The first-order valence-electron chi connectivity index (χ1n) is 7.00. The first-order chi connectivity index (χ1) is 9.72. The van der Waals surface area contributed by atoms with E-state index in [4.69, 9.17) is 0 Å². The van der Waals surface area contributed by atoms with Crippen LogP contribution in [0, 0.1) is 0 Å². The summed E-state index contributed by atoms with van der Waals surface area (Å²) >= 11 is 0. The van der Waals surface area contributed by atoms with Crippen molar-refractivity contribution >= 4 is 16.9 Å². The molecule has 0 radical (unpaired) electrons. The van der Waals surface area contributed by atoms with Crippen LogP contribution >= 0.6 is 0 Å². The number of likely N-dealkylation sites (tertiary alicyclic amines) is 1. The fourth-order valence-corrected chi connectivity index (χ4v) is 2.74. The molecule has 0 saturated carbocycles. The number of aryl methyl sites for hydroxylation is 1. The SMILES string of the molecule is CCn1c(=O)c(C(=O)N2CCCC2)cc2cccnc21. The molecule has 0 bridgehead atoms. The monoisotopic (exact) mass is 271 g/mol. The summed E-state index contributed by atoms with van der Waals surface area (Å²) in [4.78, 5) is 31.0. The van der Waals surface area contributed by atoms with Gasteiger partial charge < -0.3 is 4.90 Å². The number of pyridine rings is 2. The molecule has 104 valence electrons. The molecule has 0 N–H and O–H groups in total. The van der Waals surface area contributed by atoms with Gasteiger partial charge in [0.05, 0.1) is 0 Å². The summed E-state index contributed by atoms with van der Waals surface area (Å²) in [6.45, 7) is 3.89. The summed E-state index contributed by atoms with van der Waals surface area (Å²) in [7, 11) is 0. The van der Waals surface area contributed by atoms with Crippen LogP contribution in [0.3, 0.4) is 0 Å². The molecule has 1 amide bonds. The summed E-state index contributed by atoms with van der Waals surface area (Å²) in [5.74, 6) is -0.152. The molecule has 2 aromatic heterocycles. The van der Waals surface area contributed by atoms with Crippen molar-refractivity contribution in [2.75, 3.05) is 13.1 Å². The highest BCUT2D eigenvalue weighted by Crippen LogP contribution is 2.15. The Morgan fingerprint density at radius 2 is 2.10 bits per heavy atom. The third kappa shape index (κ3) is 1.99. The second-order valence-corrected chi connectivity index (χ2v) is 5.02. The van der Waals surface area contributed by atoms with Crippen LogP contribution in [0.5, 0.6) is 0 Å². The second kappa shape index (κ2) is 5.07. The fraction of sp³-hybridized carbons (Fsp3) is 0.400. The van der Waals surface area contributed by atoms with Gasteiger partial charge in [0, 0.05) is 31.2 Å². The molecule has 1 fully saturated rings. The highest BCUT2D eigenvalue weighted by Gasteiger charge is 2.23. The van der Waals surface area contributed by atoms with Crippen LogP contribution in [-0.2, 0) is 6.54 Å². The number of hydrogen-bond acceptors (Lipinski definition) is 3. The van der Waals surface area contributed by atoms with Crippen molar-refractivity contribution in [3.05, 3.63) is 40.3 Å². The number of hydrogen-bond donors (Lipinski definition) is 0. The molecule has 0 spiro atoms. The van der Waals surface area contributed by atoms with Gasteiger partial charge in [-0.3, -0.25) is 14.2 Å².